The summed E-state index contributed by atoms with van der Waals surface area (Å²) in [5, 5.41) is 4.99. The minimum atomic E-state index is -0.862. The summed E-state index contributed by atoms with van der Waals surface area (Å²) in [5.74, 6) is -2.44. The van der Waals surface area contributed by atoms with Gasteiger partial charge in [0.1, 0.15) is 17.5 Å². The largest absolute Gasteiger partial charge is 0.450 e. The summed E-state index contributed by atoms with van der Waals surface area (Å²) in [6.45, 7) is 2.40. The van der Waals surface area contributed by atoms with Crippen molar-refractivity contribution in [3.8, 4) is 0 Å². The molecule has 3 heterocycles. The first-order chi connectivity index (χ1) is 18.3. The molecule has 2 aliphatic heterocycles. The fraction of sp³-hybridized carbons (Fsp3) is 0.417. The van der Waals surface area contributed by atoms with Gasteiger partial charge in [0.2, 0.25) is 5.91 Å². The topological polar surface area (TPSA) is 136 Å². The van der Waals surface area contributed by atoms with Gasteiger partial charge in [-0.15, -0.1) is 0 Å². The van der Waals surface area contributed by atoms with Crippen molar-refractivity contribution in [1.82, 2.24) is 20.5 Å². The average molecular weight is 535 g/mol. The highest BCUT2D eigenvalue weighted by Gasteiger charge is 2.34. The number of H-pyrrole nitrogens is 1. The second-order valence-corrected chi connectivity index (χ2v) is 8.61. The molecule has 4 amide bonds. The first-order valence-corrected chi connectivity index (χ1v) is 12.1. The Hall–Kier alpha value is -4.36. The molecule has 1 aromatic carbocycles. The minimum absolute atomic E-state index is 0.00928. The lowest BCUT2D eigenvalue weighted by Crippen LogP contribution is -2.51. The number of hydrogen-bond donors (Lipinski definition) is 3. The molecule has 0 spiro atoms. The molecule has 12 nitrogen and oxygen atoms in total. The Morgan fingerprint density at radius 2 is 1.84 bits per heavy atom. The minimum Gasteiger partial charge on any atom is -0.450 e. The summed E-state index contributed by atoms with van der Waals surface area (Å²) in [4.78, 5) is 55.0. The lowest BCUT2D eigenvalue weighted by atomic mass is 10.2. The number of hydrogen-bond acceptors (Lipinski definition) is 7. The van der Waals surface area contributed by atoms with Crippen molar-refractivity contribution in [2.45, 2.75) is 13.0 Å². The quantitative estimate of drug-likeness (QED) is 0.466. The highest BCUT2D eigenvalue weighted by molar-refractivity contribution is 5.95. The van der Waals surface area contributed by atoms with Gasteiger partial charge in [-0.3, -0.25) is 14.5 Å². The number of amides is 4. The third kappa shape index (κ3) is 6.12. The van der Waals surface area contributed by atoms with E-state index >= 15 is 8.78 Å². The Morgan fingerprint density at radius 1 is 1.13 bits per heavy atom. The second kappa shape index (κ2) is 11.8. The summed E-state index contributed by atoms with van der Waals surface area (Å²) in [7, 11) is 0. The maximum Gasteiger partial charge on any atom is 0.414 e. The summed E-state index contributed by atoms with van der Waals surface area (Å²) in [6, 6.07) is 5.35. The maximum atomic E-state index is 15.0. The van der Waals surface area contributed by atoms with Gasteiger partial charge in [-0.05, 0) is 19.1 Å². The van der Waals surface area contributed by atoms with Gasteiger partial charge < -0.3 is 34.9 Å². The van der Waals surface area contributed by atoms with Crippen LogP contribution in [-0.4, -0.2) is 92.4 Å². The van der Waals surface area contributed by atoms with Crippen LogP contribution >= 0.6 is 0 Å². The summed E-state index contributed by atoms with van der Waals surface area (Å²) >= 11 is 0. The molecular weight excluding hydrogens is 506 g/mol. The summed E-state index contributed by atoms with van der Waals surface area (Å²) in [5.41, 5.74) is 0.0658. The molecule has 204 valence electrons. The number of carbonyl (C=O) groups excluding carboxylic acids is 4. The molecule has 1 atom stereocenters. The Bertz CT molecular complexity index is 1160. The van der Waals surface area contributed by atoms with Crippen LogP contribution in [0.2, 0.25) is 0 Å². The molecule has 4 rings (SSSR count). The van der Waals surface area contributed by atoms with Crippen LogP contribution in [0.5, 0.6) is 0 Å². The van der Waals surface area contributed by atoms with E-state index in [0.717, 1.165) is 17.0 Å². The van der Waals surface area contributed by atoms with Crippen molar-refractivity contribution in [2.75, 3.05) is 62.2 Å². The summed E-state index contributed by atoms with van der Waals surface area (Å²) in [6.07, 6.45) is -0.564. The van der Waals surface area contributed by atoms with Crippen molar-refractivity contribution < 1.29 is 37.4 Å². The first kappa shape index (κ1) is 26.7. The number of aromatic amines is 1. The molecule has 0 bridgehead atoms. The number of nitrogens with one attached hydrogen (secondary N) is 3. The number of anilines is 2. The normalized spacial score (nSPS) is 17.3. The van der Waals surface area contributed by atoms with E-state index in [2.05, 4.69) is 15.6 Å². The van der Waals surface area contributed by atoms with Crippen LogP contribution in [0, 0.1) is 11.6 Å². The van der Waals surface area contributed by atoms with Gasteiger partial charge in [0, 0.05) is 44.5 Å². The predicted molar refractivity (Wildman–Crippen MR) is 131 cm³/mol. The first-order valence-electron chi connectivity index (χ1n) is 12.1. The lowest BCUT2D eigenvalue weighted by Gasteiger charge is -2.36. The molecule has 0 radical (unpaired) electrons. The molecule has 2 fully saturated rings. The van der Waals surface area contributed by atoms with E-state index in [1.807, 2.05) is 0 Å². The van der Waals surface area contributed by atoms with E-state index in [-0.39, 0.29) is 69.7 Å². The van der Waals surface area contributed by atoms with E-state index in [1.54, 1.807) is 25.3 Å². The Morgan fingerprint density at radius 3 is 2.47 bits per heavy atom. The predicted octanol–water partition coefficient (Wildman–Crippen LogP) is 1.44. The molecule has 0 aliphatic carbocycles. The average Bonchev–Trinajstić information content (AvgIpc) is 3.56. The fourth-order valence-electron chi connectivity index (χ4n) is 4.24. The molecule has 38 heavy (non-hydrogen) atoms. The zero-order valence-corrected chi connectivity index (χ0v) is 20.7. The Kier molecular flexibility index (Phi) is 8.28. The van der Waals surface area contributed by atoms with E-state index in [0.29, 0.717) is 5.69 Å². The van der Waals surface area contributed by atoms with Crippen LogP contribution in [0.15, 0.2) is 30.5 Å². The fourth-order valence-corrected chi connectivity index (χ4v) is 4.24. The number of carbonyl (C=O) groups is 4. The number of alkyl carbamates (subject to hydrolysis) is 1. The van der Waals surface area contributed by atoms with Crippen LogP contribution in [0.3, 0.4) is 0 Å². The standard InChI is InChI=1S/C24H28F2N6O6/c1-2-37-23(35)29-12-16-14-32(24(36)38-16)15-10-17(25)21(18(26)11-15)31-8-6-30(7-9-31)20(33)13-28-22(34)19-4-3-5-27-19/h3-5,10-11,16,27H,2,6-9,12-14H2,1H3,(H,28,34)(H,29,35). The molecule has 0 saturated carbocycles. The number of halogens is 2. The number of cyclic esters (lactones) is 1. The van der Waals surface area contributed by atoms with Crippen molar-refractivity contribution in [3.05, 3.63) is 47.8 Å². The van der Waals surface area contributed by atoms with Gasteiger partial charge in [0.25, 0.3) is 5.91 Å². The number of aromatic nitrogens is 1. The van der Waals surface area contributed by atoms with Crippen LogP contribution in [-0.2, 0) is 14.3 Å². The smallest absolute Gasteiger partial charge is 0.414 e. The SMILES string of the molecule is CCOC(=O)NCC1CN(c2cc(F)c(N3CCN(C(=O)CNC(=O)c4ccc[nH]4)CC3)c(F)c2)C(=O)O1. The highest BCUT2D eigenvalue weighted by Crippen LogP contribution is 2.31. The molecule has 1 unspecified atom stereocenters. The highest BCUT2D eigenvalue weighted by atomic mass is 19.1. The van der Waals surface area contributed by atoms with E-state index in [1.165, 1.54) is 9.80 Å². The third-order valence-corrected chi connectivity index (χ3v) is 6.13. The molecule has 2 saturated heterocycles. The van der Waals surface area contributed by atoms with Crippen LogP contribution in [0.4, 0.5) is 29.7 Å². The van der Waals surface area contributed by atoms with Gasteiger partial charge in [0.05, 0.1) is 31.9 Å². The zero-order chi connectivity index (χ0) is 27.2. The zero-order valence-electron chi connectivity index (χ0n) is 20.7. The number of piperazine rings is 1. The van der Waals surface area contributed by atoms with Gasteiger partial charge in [0.15, 0.2) is 11.6 Å². The molecule has 14 heteroatoms. The molecule has 2 aromatic rings. The van der Waals surface area contributed by atoms with E-state index in [4.69, 9.17) is 9.47 Å². The molecule has 1 aromatic heterocycles. The van der Waals surface area contributed by atoms with Gasteiger partial charge in [-0.2, -0.15) is 0 Å². The summed E-state index contributed by atoms with van der Waals surface area (Å²) < 4.78 is 40.0. The molecule has 2 aliphatic rings. The Balaban J connectivity index is 1.31. The molecular formula is C24H28F2N6O6. The number of nitrogens with zero attached hydrogens (tertiary/aromatic N) is 3. The maximum absolute atomic E-state index is 15.0. The van der Waals surface area contributed by atoms with Crippen molar-refractivity contribution in [3.63, 3.8) is 0 Å². The van der Waals surface area contributed by atoms with Gasteiger partial charge in [-0.25, -0.2) is 18.4 Å². The second-order valence-electron chi connectivity index (χ2n) is 8.61. The van der Waals surface area contributed by atoms with Crippen molar-refractivity contribution >= 4 is 35.4 Å². The van der Waals surface area contributed by atoms with Crippen LogP contribution in [0.1, 0.15) is 17.4 Å². The molecule has 3 N–H and O–H groups in total. The van der Waals surface area contributed by atoms with Crippen molar-refractivity contribution in [1.29, 1.82) is 0 Å². The number of ether oxygens (including phenoxy) is 2. The monoisotopic (exact) mass is 534 g/mol. The van der Waals surface area contributed by atoms with Crippen molar-refractivity contribution in [2.24, 2.45) is 0 Å². The van der Waals surface area contributed by atoms with Gasteiger partial charge >= 0.3 is 12.2 Å². The third-order valence-electron chi connectivity index (χ3n) is 6.13. The van der Waals surface area contributed by atoms with Gasteiger partial charge in [-0.1, -0.05) is 0 Å². The van der Waals surface area contributed by atoms with E-state index in [9.17, 15) is 19.2 Å². The Labute approximate surface area is 216 Å². The number of benzene rings is 1. The van der Waals surface area contributed by atoms with E-state index < -0.39 is 35.8 Å². The van der Waals surface area contributed by atoms with Crippen LogP contribution < -0.4 is 20.4 Å². The number of rotatable bonds is 8. The lowest BCUT2D eigenvalue weighted by molar-refractivity contribution is -0.130. The van der Waals surface area contributed by atoms with Crippen LogP contribution in [0.25, 0.3) is 0 Å².